The van der Waals surface area contributed by atoms with Crippen LogP contribution in [0.1, 0.15) is 24.2 Å². The predicted molar refractivity (Wildman–Crippen MR) is 80.5 cm³/mol. The number of imidazole rings is 1. The highest BCUT2D eigenvalue weighted by Crippen LogP contribution is 2.16. The van der Waals surface area contributed by atoms with Crippen molar-refractivity contribution in [1.29, 1.82) is 0 Å². The van der Waals surface area contributed by atoms with E-state index in [1.165, 1.54) is 12.0 Å². The summed E-state index contributed by atoms with van der Waals surface area (Å²) in [6.45, 7) is 3.55. The van der Waals surface area contributed by atoms with Crippen LogP contribution in [0.3, 0.4) is 0 Å². The highest BCUT2D eigenvalue weighted by atomic mass is 16.5. The lowest BCUT2D eigenvalue weighted by molar-refractivity contribution is 0.0666. The molecule has 2 aromatic heterocycles. The molecule has 112 valence electrons. The first kappa shape index (κ1) is 14.2. The van der Waals surface area contributed by atoms with Crippen molar-refractivity contribution in [3.63, 3.8) is 0 Å². The summed E-state index contributed by atoms with van der Waals surface area (Å²) in [5.74, 6) is 1.08. The number of nitrogens with zero attached hydrogens (tertiary/aromatic N) is 4. The molecule has 0 amide bonds. The molecule has 1 atom stereocenters. The number of hydrogen-bond acceptors (Lipinski definition) is 4. The van der Waals surface area contributed by atoms with Gasteiger partial charge in [-0.3, -0.25) is 9.88 Å². The van der Waals surface area contributed by atoms with Gasteiger partial charge in [0.25, 0.3) is 0 Å². The van der Waals surface area contributed by atoms with E-state index in [2.05, 4.69) is 25.5 Å². The Morgan fingerprint density at radius 2 is 2.33 bits per heavy atom. The van der Waals surface area contributed by atoms with Crippen molar-refractivity contribution in [2.24, 2.45) is 7.05 Å². The highest BCUT2D eigenvalue weighted by molar-refractivity contribution is 5.08. The molecule has 0 bridgehead atoms. The van der Waals surface area contributed by atoms with Gasteiger partial charge >= 0.3 is 0 Å². The van der Waals surface area contributed by atoms with E-state index in [-0.39, 0.29) is 0 Å². The molecule has 5 heteroatoms. The topological polar surface area (TPSA) is 43.2 Å². The van der Waals surface area contributed by atoms with Gasteiger partial charge in [-0.1, -0.05) is 6.07 Å². The third-order valence-corrected chi connectivity index (χ3v) is 3.90. The van der Waals surface area contributed by atoms with Crippen LogP contribution in [0.5, 0.6) is 0 Å². The zero-order valence-electron chi connectivity index (χ0n) is 12.5. The fraction of sp³-hybridized carbons (Fsp3) is 0.500. The molecule has 3 rings (SSSR count). The van der Waals surface area contributed by atoms with Gasteiger partial charge in [0.15, 0.2) is 0 Å². The lowest BCUT2D eigenvalue weighted by Crippen LogP contribution is -2.32. The van der Waals surface area contributed by atoms with Crippen LogP contribution in [0.2, 0.25) is 0 Å². The second kappa shape index (κ2) is 6.83. The van der Waals surface area contributed by atoms with Crippen molar-refractivity contribution in [3.05, 3.63) is 48.3 Å². The van der Waals surface area contributed by atoms with Crippen LogP contribution >= 0.6 is 0 Å². The largest absolute Gasteiger partial charge is 0.377 e. The van der Waals surface area contributed by atoms with E-state index in [1.54, 1.807) is 0 Å². The van der Waals surface area contributed by atoms with Gasteiger partial charge < -0.3 is 9.30 Å². The Labute approximate surface area is 125 Å². The molecule has 0 aromatic carbocycles. The fourth-order valence-corrected chi connectivity index (χ4v) is 2.76. The van der Waals surface area contributed by atoms with Crippen LogP contribution in [0.25, 0.3) is 0 Å². The number of rotatable bonds is 6. The minimum absolute atomic E-state index is 0.349. The normalized spacial score (nSPS) is 18.5. The van der Waals surface area contributed by atoms with E-state index in [9.17, 15) is 0 Å². The van der Waals surface area contributed by atoms with E-state index in [0.29, 0.717) is 6.10 Å². The molecule has 0 spiro atoms. The van der Waals surface area contributed by atoms with Crippen molar-refractivity contribution in [2.75, 3.05) is 13.2 Å². The zero-order valence-corrected chi connectivity index (χ0v) is 12.5. The molecular weight excluding hydrogens is 264 g/mol. The number of aromatic nitrogens is 3. The molecule has 1 aliphatic heterocycles. The summed E-state index contributed by atoms with van der Waals surface area (Å²) in [6.07, 6.45) is 10.3. The first-order chi connectivity index (χ1) is 10.3. The molecule has 0 aliphatic carbocycles. The van der Waals surface area contributed by atoms with E-state index in [1.807, 2.05) is 37.9 Å². The Bertz CT molecular complexity index is 548. The lowest BCUT2D eigenvalue weighted by Gasteiger charge is -2.24. The predicted octanol–water partition coefficient (Wildman–Crippen LogP) is 2.00. The molecule has 0 radical (unpaired) electrons. The van der Waals surface area contributed by atoms with Crippen molar-refractivity contribution >= 4 is 0 Å². The molecule has 1 aliphatic rings. The first-order valence-electron chi connectivity index (χ1n) is 7.50. The summed E-state index contributed by atoms with van der Waals surface area (Å²) >= 11 is 0. The highest BCUT2D eigenvalue weighted by Gasteiger charge is 2.20. The van der Waals surface area contributed by atoms with Crippen LogP contribution in [-0.4, -0.2) is 38.7 Å². The summed E-state index contributed by atoms with van der Waals surface area (Å²) in [4.78, 5) is 11.0. The van der Waals surface area contributed by atoms with Crippen LogP contribution < -0.4 is 0 Å². The molecule has 0 unspecified atom stereocenters. The molecule has 0 saturated carbocycles. The SMILES string of the molecule is Cn1ccnc1CN(Cc1cccnc1)C[C@@H]1CCCO1. The average Bonchev–Trinajstić information content (AvgIpc) is 3.13. The molecule has 21 heavy (non-hydrogen) atoms. The van der Waals surface area contributed by atoms with E-state index >= 15 is 0 Å². The van der Waals surface area contributed by atoms with Crippen molar-refractivity contribution < 1.29 is 4.74 Å². The molecule has 2 aromatic rings. The van der Waals surface area contributed by atoms with Gasteiger partial charge in [-0.2, -0.15) is 0 Å². The van der Waals surface area contributed by atoms with Gasteiger partial charge in [0.1, 0.15) is 5.82 Å². The minimum Gasteiger partial charge on any atom is -0.377 e. The maximum Gasteiger partial charge on any atom is 0.122 e. The molecule has 3 heterocycles. The monoisotopic (exact) mass is 286 g/mol. The molecular formula is C16H22N4O. The number of aryl methyl sites for hydroxylation is 1. The summed E-state index contributed by atoms with van der Waals surface area (Å²) in [7, 11) is 2.04. The fourth-order valence-electron chi connectivity index (χ4n) is 2.76. The maximum atomic E-state index is 5.79. The standard InChI is InChI=1S/C16H22N4O/c1-19-8-7-18-16(19)13-20(12-15-5-3-9-21-15)11-14-4-2-6-17-10-14/h2,4,6-8,10,15H,3,5,9,11-13H2,1H3/t15-/m0/s1. The maximum absolute atomic E-state index is 5.79. The lowest BCUT2D eigenvalue weighted by atomic mass is 10.2. The molecule has 0 N–H and O–H groups in total. The van der Waals surface area contributed by atoms with Gasteiger partial charge in [-0.25, -0.2) is 4.98 Å². The second-order valence-electron chi connectivity index (χ2n) is 5.62. The smallest absolute Gasteiger partial charge is 0.122 e. The molecule has 5 nitrogen and oxygen atoms in total. The average molecular weight is 286 g/mol. The molecule has 1 fully saturated rings. The number of ether oxygens (including phenoxy) is 1. The first-order valence-corrected chi connectivity index (χ1v) is 7.50. The van der Waals surface area contributed by atoms with Crippen molar-refractivity contribution in [2.45, 2.75) is 32.0 Å². The Morgan fingerprint density at radius 1 is 1.38 bits per heavy atom. The number of pyridine rings is 1. The van der Waals surface area contributed by atoms with Crippen LogP contribution in [0.15, 0.2) is 36.9 Å². The second-order valence-corrected chi connectivity index (χ2v) is 5.62. The Hall–Kier alpha value is -1.72. The summed E-state index contributed by atoms with van der Waals surface area (Å²) in [5.41, 5.74) is 1.23. The quantitative estimate of drug-likeness (QED) is 0.814. The van der Waals surface area contributed by atoms with Gasteiger partial charge in [0, 0.05) is 51.5 Å². The van der Waals surface area contributed by atoms with Gasteiger partial charge in [-0.05, 0) is 24.5 Å². The Balaban J connectivity index is 1.69. The van der Waals surface area contributed by atoms with Crippen LogP contribution in [0, 0.1) is 0 Å². The van der Waals surface area contributed by atoms with Crippen LogP contribution in [-0.2, 0) is 24.9 Å². The summed E-state index contributed by atoms with van der Waals surface area (Å²) in [6, 6.07) is 4.11. The van der Waals surface area contributed by atoms with Crippen LogP contribution in [0.4, 0.5) is 0 Å². The molecule has 1 saturated heterocycles. The minimum atomic E-state index is 0.349. The van der Waals surface area contributed by atoms with Gasteiger partial charge in [0.05, 0.1) is 12.6 Å². The van der Waals surface area contributed by atoms with Gasteiger partial charge in [0.2, 0.25) is 0 Å². The summed E-state index contributed by atoms with van der Waals surface area (Å²) < 4.78 is 7.86. The third-order valence-electron chi connectivity index (χ3n) is 3.90. The van der Waals surface area contributed by atoms with E-state index < -0.39 is 0 Å². The Kier molecular flexibility index (Phi) is 4.62. The van der Waals surface area contributed by atoms with E-state index in [4.69, 9.17) is 4.74 Å². The van der Waals surface area contributed by atoms with Crippen molar-refractivity contribution in [1.82, 2.24) is 19.4 Å². The van der Waals surface area contributed by atoms with E-state index in [0.717, 1.165) is 38.5 Å². The number of hydrogen-bond donors (Lipinski definition) is 0. The van der Waals surface area contributed by atoms with Crippen molar-refractivity contribution in [3.8, 4) is 0 Å². The third kappa shape index (κ3) is 3.89. The summed E-state index contributed by atoms with van der Waals surface area (Å²) in [5, 5.41) is 0. The zero-order chi connectivity index (χ0) is 14.5. The Morgan fingerprint density at radius 3 is 3.00 bits per heavy atom. The van der Waals surface area contributed by atoms with Gasteiger partial charge in [-0.15, -0.1) is 0 Å².